The van der Waals surface area contributed by atoms with Gasteiger partial charge in [0.2, 0.25) is 10.0 Å². The lowest BCUT2D eigenvalue weighted by Gasteiger charge is -2.15. The zero-order valence-electron chi connectivity index (χ0n) is 12.8. The lowest BCUT2D eigenvalue weighted by molar-refractivity contribution is -0.385. The molecule has 0 unspecified atom stereocenters. The molecule has 0 aromatic heterocycles. The molecule has 0 aliphatic rings. The Bertz CT molecular complexity index is 854. The van der Waals surface area contributed by atoms with Crippen LogP contribution < -0.4 is 10.5 Å². The highest BCUT2D eigenvalue weighted by atomic mass is 32.2. The zero-order chi connectivity index (χ0) is 17.9. The summed E-state index contributed by atoms with van der Waals surface area (Å²) in [7, 11) is -3.76. The normalized spacial score (nSPS) is 12.8. The number of hydrogen-bond acceptors (Lipinski definition) is 5. The third kappa shape index (κ3) is 4.34. The Balaban J connectivity index is 2.12. The van der Waals surface area contributed by atoms with Crippen LogP contribution in [0.5, 0.6) is 0 Å². The average Bonchev–Trinajstić information content (AvgIpc) is 2.51. The molecule has 2 rings (SSSR count). The highest BCUT2D eigenvalue weighted by Gasteiger charge is 2.16. The lowest BCUT2D eigenvalue weighted by atomic mass is 10.1. The molecule has 0 spiro atoms. The van der Waals surface area contributed by atoms with Gasteiger partial charge in [0.1, 0.15) is 5.82 Å². The number of sulfonamides is 1. The fourth-order valence-corrected chi connectivity index (χ4v) is 2.72. The van der Waals surface area contributed by atoms with E-state index in [0.29, 0.717) is 0 Å². The van der Waals surface area contributed by atoms with Gasteiger partial charge in [0.25, 0.3) is 5.69 Å². The Morgan fingerprint density at radius 1 is 1.25 bits per heavy atom. The Labute approximate surface area is 138 Å². The van der Waals surface area contributed by atoms with Gasteiger partial charge in [0.05, 0.1) is 9.82 Å². The van der Waals surface area contributed by atoms with Gasteiger partial charge >= 0.3 is 0 Å². The third-order valence-corrected chi connectivity index (χ3v) is 4.47. The summed E-state index contributed by atoms with van der Waals surface area (Å²) >= 11 is 0. The minimum atomic E-state index is -3.76. The topological polar surface area (TPSA) is 115 Å². The van der Waals surface area contributed by atoms with Crippen LogP contribution in [-0.2, 0) is 16.6 Å². The van der Waals surface area contributed by atoms with E-state index in [-0.39, 0.29) is 28.7 Å². The Hall–Kier alpha value is -2.36. The maximum Gasteiger partial charge on any atom is 0.274 e. The van der Waals surface area contributed by atoms with E-state index in [9.17, 15) is 22.9 Å². The van der Waals surface area contributed by atoms with E-state index in [0.717, 1.165) is 23.8 Å². The number of nitrogens with zero attached hydrogens (tertiary/aromatic N) is 1. The second-order valence-electron chi connectivity index (χ2n) is 5.25. The Kier molecular flexibility index (Phi) is 5.27. The maximum absolute atomic E-state index is 13.3. The smallest absolute Gasteiger partial charge is 0.274 e. The van der Waals surface area contributed by atoms with E-state index in [2.05, 4.69) is 5.32 Å². The van der Waals surface area contributed by atoms with Gasteiger partial charge in [-0.05, 0) is 36.8 Å². The SMILES string of the molecule is C[C@@H](NCc1cc(F)ccc1[N+](=O)[O-])c1ccc(S(N)(=O)=O)cc1. The van der Waals surface area contributed by atoms with Crippen LogP contribution >= 0.6 is 0 Å². The van der Waals surface area contributed by atoms with Crippen molar-refractivity contribution in [2.75, 3.05) is 0 Å². The maximum atomic E-state index is 13.3. The summed E-state index contributed by atoms with van der Waals surface area (Å²) in [5.41, 5.74) is 0.829. The monoisotopic (exact) mass is 353 g/mol. The van der Waals surface area contributed by atoms with E-state index >= 15 is 0 Å². The Morgan fingerprint density at radius 3 is 2.42 bits per heavy atom. The van der Waals surface area contributed by atoms with Crippen molar-refractivity contribution in [1.82, 2.24) is 5.32 Å². The van der Waals surface area contributed by atoms with Gasteiger partial charge in [-0.3, -0.25) is 10.1 Å². The van der Waals surface area contributed by atoms with Gasteiger partial charge in [-0.15, -0.1) is 0 Å². The third-order valence-electron chi connectivity index (χ3n) is 3.55. The summed E-state index contributed by atoms with van der Waals surface area (Å²) < 4.78 is 35.7. The molecule has 0 amide bonds. The Morgan fingerprint density at radius 2 is 1.88 bits per heavy atom. The van der Waals surface area contributed by atoms with Gasteiger partial charge in [0.15, 0.2) is 0 Å². The summed E-state index contributed by atoms with van der Waals surface area (Å²) in [6, 6.07) is 8.99. The minimum absolute atomic E-state index is 0.000724. The van der Waals surface area contributed by atoms with Crippen molar-refractivity contribution in [3.63, 3.8) is 0 Å². The van der Waals surface area contributed by atoms with E-state index in [4.69, 9.17) is 5.14 Å². The van der Waals surface area contributed by atoms with Gasteiger partial charge in [0, 0.05) is 24.2 Å². The quantitative estimate of drug-likeness (QED) is 0.610. The lowest BCUT2D eigenvalue weighted by Crippen LogP contribution is -2.19. The first-order valence-corrected chi connectivity index (χ1v) is 8.52. The van der Waals surface area contributed by atoms with Crippen molar-refractivity contribution >= 4 is 15.7 Å². The first-order chi connectivity index (χ1) is 11.2. The van der Waals surface area contributed by atoms with Crippen molar-refractivity contribution in [3.8, 4) is 0 Å². The first-order valence-electron chi connectivity index (χ1n) is 6.97. The first kappa shape index (κ1) is 18.0. The van der Waals surface area contributed by atoms with Crippen LogP contribution in [0.2, 0.25) is 0 Å². The van der Waals surface area contributed by atoms with Gasteiger partial charge in [-0.25, -0.2) is 17.9 Å². The predicted molar refractivity (Wildman–Crippen MR) is 86.1 cm³/mol. The van der Waals surface area contributed by atoms with Gasteiger partial charge < -0.3 is 5.32 Å². The molecule has 2 aromatic rings. The molecule has 7 nitrogen and oxygen atoms in total. The second-order valence-corrected chi connectivity index (χ2v) is 6.81. The molecular formula is C15H16FN3O4S. The number of nitro groups is 1. The molecule has 0 saturated heterocycles. The molecule has 0 aliphatic heterocycles. The number of nitro benzene ring substituents is 1. The highest BCUT2D eigenvalue weighted by Crippen LogP contribution is 2.21. The summed E-state index contributed by atoms with van der Waals surface area (Å²) in [6.45, 7) is 1.89. The number of halogens is 1. The van der Waals surface area contributed by atoms with Crippen molar-refractivity contribution in [2.45, 2.75) is 24.4 Å². The highest BCUT2D eigenvalue weighted by molar-refractivity contribution is 7.89. The molecule has 0 radical (unpaired) electrons. The summed E-state index contributed by atoms with van der Waals surface area (Å²) in [5.74, 6) is -0.553. The van der Waals surface area contributed by atoms with Crippen LogP contribution in [0.25, 0.3) is 0 Å². The minimum Gasteiger partial charge on any atom is -0.306 e. The number of hydrogen-bond donors (Lipinski definition) is 2. The summed E-state index contributed by atoms with van der Waals surface area (Å²) in [4.78, 5) is 10.4. The molecule has 0 aliphatic carbocycles. The molecule has 1 atom stereocenters. The number of nitrogens with two attached hydrogens (primary N) is 1. The molecule has 0 bridgehead atoms. The largest absolute Gasteiger partial charge is 0.306 e. The van der Waals surface area contributed by atoms with Crippen LogP contribution in [0.15, 0.2) is 47.4 Å². The number of nitrogens with one attached hydrogen (secondary N) is 1. The van der Waals surface area contributed by atoms with Crippen molar-refractivity contribution in [2.24, 2.45) is 5.14 Å². The zero-order valence-corrected chi connectivity index (χ0v) is 13.6. The van der Waals surface area contributed by atoms with E-state index in [1.165, 1.54) is 12.1 Å². The van der Waals surface area contributed by atoms with Crippen LogP contribution in [0, 0.1) is 15.9 Å². The van der Waals surface area contributed by atoms with Gasteiger partial charge in [-0.2, -0.15) is 0 Å². The van der Waals surface area contributed by atoms with Crippen LogP contribution in [0.1, 0.15) is 24.1 Å². The van der Waals surface area contributed by atoms with Crippen molar-refractivity contribution in [3.05, 3.63) is 69.5 Å². The van der Waals surface area contributed by atoms with Crippen LogP contribution in [0.3, 0.4) is 0 Å². The van der Waals surface area contributed by atoms with Gasteiger partial charge in [-0.1, -0.05) is 12.1 Å². The molecule has 2 aromatic carbocycles. The molecule has 24 heavy (non-hydrogen) atoms. The molecular weight excluding hydrogens is 337 g/mol. The number of rotatable bonds is 6. The molecule has 0 saturated carbocycles. The van der Waals surface area contributed by atoms with E-state index < -0.39 is 20.8 Å². The second kappa shape index (κ2) is 7.04. The van der Waals surface area contributed by atoms with Crippen molar-refractivity contribution in [1.29, 1.82) is 0 Å². The predicted octanol–water partition coefficient (Wildman–Crippen LogP) is 2.23. The van der Waals surface area contributed by atoms with E-state index in [1.807, 2.05) is 0 Å². The molecule has 0 heterocycles. The average molecular weight is 353 g/mol. The standard InChI is InChI=1S/C15H16FN3O4S/c1-10(11-2-5-14(6-3-11)24(17,22)23)18-9-12-8-13(16)4-7-15(12)19(20)21/h2-8,10,18H,9H2,1H3,(H2,17,22,23)/t10-/m1/s1. The molecule has 3 N–H and O–H groups in total. The fraction of sp³-hybridized carbons (Fsp3) is 0.200. The number of benzene rings is 2. The van der Waals surface area contributed by atoms with Crippen LogP contribution in [-0.4, -0.2) is 13.3 Å². The molecule has 9 heteroatoms. The summed E-state index contributed by atoms with van der Waals surface area (Å²) in [5, 5.41) is 19.0. The summed E-state index contributed by atoms with van der Waals surface area (Å²) in [6.07, 6.45) is 0. The van der Waals surface area contributed by atoms with E-state index in [1.54, 1.807) is 19.1 Å². The molecule has 0 fully saturated rings. The van der Waals surface area contributed by atoms with Crippen molar-refractivity contribution < 1.29 is 17.7 Å². The number of primary sulfonamides is 1. The fourth-order valence-electron chi connectivity index (χ4n) is 2.20. The molecule has 128 valence electrons. The van der Waals surface area contributed by atoms with Crippen LogP contribution in [0.4, 0.5) is 10.1 Å².